The van der Waals surface area contributed by atoms with Gasteiger partial charge >= 0.3 is 0 Å². The summed E-state index contributed by atoms with van der Waals surface area (Å²) in [7, 11) is 5.62. The lowest BCUT2D eigenvalue weighted by atomic mass is 9.85. The fraction of sp³-hybridized carbons (Fsp3) is 0.750. The van der Waals surface area contributed by atoms with Crippen molar-refractivity contribution in [3.63, 3.8) is 0 Å². The van der Waals surface area contributed by atoms with Crippen molar-refractivity contribution in [3.8, 4) is 5.75 Å². The third-order valence-corrected chi connectivity index (χ3v) is 10.5. The highest BCUT2D eigenvalue weighted by atomic mass is 32.2. The van der Waals surface area contributed by atoms with Crippen LogP contribution in [0.1, 0.15) is 43.2 Å². The summed E-state index contributed by atoms with van der Waals surface area (Å²) in [4.78, 5) is 19.8. The van der Waals surface area contributed by atoms with Gasteiger partial charge in [0.2, 0.25) is 15.9 Å². The van der Waals surface area contributed by atoms with Crippen LogP contribution in [0, 0.1) is 19.8 Å². The van der Waals surface area contributed by atoms with Gasteiger partial charge in [-0.15, -0.1) is 0 Å². The van der Waals surface area contributed by atoms with Gasteiger partial charge in [0.1, 0.15) is 12.4 Å². The molecule has 1 saturated heterocycles. The third kappa shape index (κ3) is 7.69. The summed E-state index contributed by atoms with van der Waals surface area (Å²) in [5, 5.41) is 0. The number of ether oxygens (including phenoxy) is 2. The maximum absolute atomic E-state index is 13.1. The molecule has 1 aromatic rings. The number of likely N-dealkylation sites (tertiary alicyclic amines) is 1. The Morgan fingerprint density at radius 3 is 2.18 bits per heavy atom. The maximum Gasteiger partial charge on any atom is 0.248 e. The van der Waals surface area contributed by atoms with E-state index >= 15 is 0 Å². The van der Waals surface area contributed by atoms with Gasteiger partial charge in [-0.05, 0) is 95.8 Å². The Morgan fingerprint density at radius 1 is 1.00 bits per heavy atom. The maximum atomic E-state index is 13.1. The molecule has 1 amide bonds. The highest BCUT2D eigenvalue weighted by Crippen LogP contribution is 2.30. The molecule has 1 unspecified atom stereocenters. The fourth-order valence-electron chi connectivity index (χ4n) is 5.85. The number of carbonyl (C=O) groups is 1. The van der Waals surface area contributed by atoms with Gasteiger partial charge in [0.25, 0.3) is 0 Å². The van der Waals surface area contributed by atoms with Crippen LogP contribution in [0.4, 0.5) is 0 Å². The quantitative estimate of drug-likeness (QED) is 0.369. The summed E-state index contributed by atoms with van der Waals surface area (Å²) in [6.45, 7) is 7.34. The molecular formula is C28H48N4O5S. The average molecular weight is 553 g/mol. The van der Waals surface area contributed by atoms with Crippen LogP contribution in [0.5, 0.6) is 5.75 Å². The van der Waals surface area contributed by atoms with Crippen LogP contribution in [-0.2, 0) is 19.6 Å². The van der Waals surface area contributed by atoms with E-state index in [9.17, 15) is 13.2 Å². The van der Waals surface area contributed by atoms with Crippen LogP contribution in [0.25, 0.3) is 0 Å². The van der Waals surface area contributed by atoms with Crippen LogP contribution in [-0.4, -0.2) is 120 Å². The number of hydrogen-bond donors (Lipinski definition) is 0. The number of sulfonamides is 1. The normalized spacial score (nSPS) is 22.8. The molecule has 1 aliphatic heterocycles. The summed E-state index contributed by atoms with van der Waals surface area (Å²) in [5.41, 5.74) is 1.28. The van der Waals surface area contributed by atoms with Gasteiger partial charge in [0.05, 0.1) is 18.6 Å². The molecule has 9 nitrogen and oxygen atoms in total. The molecule has 1 aliphatic carbocycles. The lowest BCUT2D eigenvalue weighted by Gasteiger charge is -2.36. The molecular weight excluding hydrogens is 504 g/mol. The molecule has 0 bridgehead atoms. The molecule has 2 fully saturated rings. The standard InChI is InChI=1S/C28H48N4O5S/c1-21-16-26(36-7)17-22(2)28(21)38(34,35)30(5)14-15-37-20-27(33)31(6)24-10-8-23(9-11-24)18-32-13-12-25(19-32)29(3)4/h16-17,23-25H,8-15,18-20H2,1-7H3. The van der Waals surface area contributed by atoms with Gasteiger partial charge in [-0.3, -0.25) is 4.79 Å². The first-order valence-electron chi connectivity index (χ1n) is 13.8. The Hall–Kier alpha value is -1.72. The van der Waals surface area contributed by atoms with Gasteiger partial charge in [-0.2, -0.15) is 4.31 Å². The number of amides is 1. The molecule has 1 aromatic carbocycles. The highest BCUT2D eigenvalue weighted by Gasteiger charge is 2.30. The number of carbonyl (C=O) groups excluding carboxylic acids is 1. The smallest absolute Gasteiger partial charge is 0.248 e. The van der Waals surface area contributed by atoms with Gasteiger partial charge in [0, 0.05) is 45.8 Å². The number of hydrogen-bond acceptors (Lipinski definition) is 7. The van der Waals surface area contributed by atoms with Crippen molar-refractivity contribution in [2.75, 3.05) is 74.7 Å². The van der Waals surface area contributed by atoms with E-state index in [1.165, 1.54) is 37.4 Å². The molecule has 2 aliphatic rings. The number of methoxy groups -OCH3 is 1. The Labute approximate surface area is 230 Å². The summed E-state index contributed by atoms with van der Waals surface area (Å²) < 4.78 is 38.4. The van der Waals surface area contributed by atoms with Crippen LogP contribution < -0.4 is 4.74 Å². The molecule has 0 N–H and O–H groups in total. The Kier molecular flexibility index (Phi) is 11.0. The van der Waals surface area contributed by atoms with E-state index in [0.29, 0.717) is 28.8 Å². The van der Waals surface area contributed by atoms with Gasteiger partial charge in [0.15, 0.2) is 0 Å². The Morgan fingerprint density at radius 2 is 1.63 bits per heavy atom. The molecule has 1 heterocycles. The van der Waals surface area contributed by atoms with Crippen molar-refractivity contribution in [1.29, 1.82) is 0 Å². The average Bonchev–Trinajstić information content (AvgIpc) is 3.34. The molecule has 38 heavy (non-hydrogen) atoms. The summed E-state index contributed by atoms with van der Waals surface area (Å²) in [5.74, 6) is 1.29. The third-order valence-electron chi connectivity index (χ3n) is 8.37. The molecule has 3 rings (SSSR count). The van der Waals surface area contributed by atoms with Crippen LogP contribution >= 0.6 is 0 Å². The predicted octanol–water partition coefficient (Wildman–Crippen LogP) is 2.60. The number of benzene rings is 1. The van der Waals surface area contributed by atoms with Crippen molar-refractivity contribution in [2.24, 2.45) is 5.92 Å². The predicted molar refractivity (Wildman–Crippen MR) is 150 cm³/mol. The van der Waals surface area contributed by atoms with E-state index in [0.717, 1.165) is 25.7 Å². The fourth-order valence-corrected chi connectivity index (χ4v) is 7.41. The van der Waals surface area contributed by atoms with Gasteiger partial charge < -0.3 is 24.2 Å². The van der Waals surface area contributed by atoms with Crippen LogP contribution in [0.3, 0.4) is 0 Å². The largest absolute Gasteiger partial charge is 0.497 e. The second kappa shape index (κ2) is 13.6. The zero-order chi connectivity index (χ0) is 28.0. The zero-order valence-electron chi connectivity index (χ0n) is 24.4. The van der Waals surface area contributed by atoms with Crippen LogP contribution in [0.15, 0.2) is 17.0 Å². The second-order valence-corrected chi connectivity index (χ2v) is 13.3. The molecule has 10 heteroatoms. The first-order valence-corrected chi connectivity index (χ1v) is 15.2. The number of nitrogens with zero attached hydrogens (tertiary/aromatic N) is 4. The lowest BCUT2D eigenvalue weighted by Crippen LogP contribution is -2.43. The summed E-state index contributed by atoms with van der Waals surface area (Å²) in [6.07, 6.45) is 5.61. The zero-order valence-corrected chi connectivity index (χ0v) is 25.2. The second-order valence-electron chi connectivity index (χ2n) is 11.3. The van der Waals surface area contributed by atoms with Gasteiger partial charge in [-0.25, -0.2) is 8.42 Å². The molecule has 0 spiro atoms. The minimum absolute atomic E-state index is 0.0371. The molecule has 0 aromatic heterocycles. The molecule has 1 saturated carbocycles. The van der Waals surface area contributed by atoms with E-state index in [2.05, 4.69) is 23.9 Å². The van der Waals surface area contributed by atoms with E-state index in [4.69, 9.17) is 9.47 Å². The van der Waals surface area contributed by atoms with E-state index in [1.807, 2.05) is 11.9 Å². The Balaban J connectivity index is 1.39. The number of likely N-dealkylation sites (N-methyl/N-ethyl adjacent to an activating group) is 3. The van der Waals surface area contributed by atoms with Crippen LogP contribution in [0.2, 0.25) is 0 Å². The topological polar surface area (TPSA) is 82.6 Å². The van der Waals surface area contributed by atoms with Crippen molar-refractivity contribution in [3.05, 3.63) is 23.3 Å². The van der Waals surface area contributed by atoms with E-state index in [-0.39, 0.29) is 36.6 Å². The monoisotopic (exact) mass is 552 g/mol. The van der Waals surface area contributed by atoms with Crippen molar-refractivity contribution in [1.82, 2.24) is 19.0 Å². The highest BCUT2D eigenvalue weighted by molar-refractivity contribution is 7.89. The first kappa shape index (κ1) is 30.8. The Bertz CT molecular complexity index is 1020. The van der Waals surface area contributed by atoms with E-state index < -0.39 is 10.0 Å². The van der Waals surface area contributed by atoms with Crippen molar-refractivity contribution in [2.45, 2.75) is 62.9 Å². The molecule has 0 radical (unpaired) electrons. The molecule has 1 atom stereocenters. The van der Waals surface area contributed by atoms with Gasteiger partial charge in [-0.1, -0.05) is 0 Å². The summed E-state index contributed by atoms with van der Waals surface area (Å²) in [6, 6.07) is 4.36. The minimum atomic E-state index is -3.68. The lowest BCUT2D eigenvalue weighted by molar-refractivity contribution is -0.137. The summed E-state index contributed by atoms with van der Waals surface area (Å²) >= 11 is 0. The van der Waals surface area contributed by atoms with E-state index in [1.54, 1.807) is 33.1 Å². The number of rotatable bonds is 12. The molecule has 216 valence electrons. The van der Waals surface area contributed by atoms with Crippen molar-refractivity contribution < 1.29 is 22.7 Å². The minimum Gasteiger partial charge on any atom is -0.497 e. The number of aryl methyl sites for hydroxylation is 2. The first-order chi connectivity index (χ1) is 17.9. The van der Waals surface area contributed by atoms with Crippen molar-refractivity contribution >= 4 is 15.9 Å². The SMILES string of the molecule is COc1cc(C)c(S(=O)(=O)N(C)CCOCC(=O)N(C)C2CCC(CN3CCC(N(C)C)C3)CC2)c(C)c1.